The van der Waals surface area contributed by atoms with Gasteiger partial charge in [0.05, 0.1) is 12.0 Å². The molecule has 102 valence electrons. The summed E-state index contributed by atoms with van der Waals surface area (Å²) in [6.07, 6.45) is -3.42. The lowest BCUT2D eigenvalue weighted by Crippen LogP contribution is -2.45. The highest BCUT2D eigenvalue weighted by molar-refractivity contribution is 5.47. The highest BCUT2D eigenvalue weighted by atomic mass is 19.4. The van der Waals surface area contributed by atoms with E-state index in [4.69, 9.17) is 0 Å². The maximum atomic E-state index is 12.8. The normalized spacial score (nSPS) is 27.6. The van der Waals surface area contributed by atoms with Crippen LogP contribution in [0.1, 0.15) is 25.7 Å². The van der Waals surface area contributed by atoms with Crippen LogP contribution in [0, 0.1) is 17.2 Å². The molecule has 2 rings (SSSR count). The molecule has 0 heterocycles. The number of halogens is 3. The van der Waals surface area contributed by atoms with Crippen molar-refractivity contribution in [1.82, 2.24) is 0 Å². The summed E-state index contributed by atoms with van der Waals surface area (Å²) in [4.78, 5) is 0. The maximum Gasteiger partial charge on any atom is 0.391 e. The molecule has 1 N–H and O–H groups in total. The Labute approximate surface area is 110 Å². The largest absolute Gasteiger partial charge is 0.391 e. The van der Waals surface area contributed by atoms with Crippen LogP contribution in [0.5, 0.6) is 0 Å². The summed E-state index contributed by atoms with van der Waals surface area (Å²) >= 11 is 0. The van der Waals surface area contributed by atoms with Crippen LogP contribution < -0.4 is 5.32 Å². The van der Waals surface area contributed by atoms with Gasteiger partial charge in [-0.3, -0.25) is 0 Å². The van der Waals surface area contributed by atoms with Gasteiger partial charge >= 0.3 is 6.18 Å². The Hall–Kier alpha value is -1.70. The Balaban J connectivity index is 2.17. The van der Waals surface area contributed by atoms with E-state index >= 15 is 0 Å². The number of anilines is 1. The Bertz CT molecular complexity index is 464. The fourth-order valence-electron chi connectivity index (χ4n) is 2.60. The van der Waals surface area contributed by atoms with Gasteiger partial charge in [-0.25, -0.2) is 0 Å². The van der Waals surface area contributed by atoms with Crippen molar-refractivity contribution in [2.75, 3.05) is 5.32 Å². The second-order valence-electron chi connectivity index (χ2n) is 5.02. The fourth-order valence-corrected chi connectivity index (χ4v) is 2.60. The number of hydrogen-bond donors (Lipinski definition) is 1. The van der Waals surface area contributed by atoms with Gasteiger partial charge in [-0.15, -0.1) is 0 Å². The van der Waals surface area contributed by atoms with Gasteiger partial charge in [0.25, 0.3) is 0 Å². The van der Waals surface area contributed by atoms with Crippen molar-refractivity contribution in [3.63, 3.8) is 0 Å². The predicted molar refractivity (Wildman–Crippen MR) is 66.4 cm³/mol. The molecule has 2 unspecified atom stereocenters. The number of rotatable bonds is 2. The maximum absolute atomic E-state index is 12.8. The van der Waals surface area contributed by atoms with Crippen molar-refractivity contribution in [3.8, 4) is 6.07 Å². The molecular weight excluding hydrogens is 253 g/mol. The highest BCUT2D eigenvalue weighted by Crippen LogP contribution is 2.42. The van der Waals surface area contributed by atoms with Crippen molar-refractivity contribution in [2.24, 2.45) is 5.92 Å². The van der Waals surface area contributed by atoms with Crippen LogP contribution in [0.15, 0.2) is 30.3 Å². The third-order valence-corrected chi connectivity index (χ3v) is 3.59. The minimum Gasteiger partial charge on any atom is -0.367 e. The van der Waals surface area contributed by atoms with Crippen molar-refractivity contribution >= 4 is 5.69 Å². The Morgan fingerprint density at radius 2 is 1.95 bits per heavy atom. The smallest absolute Gasteiger partial charge is 0.367 e. The first kappa shape index (κ1) is 13.7. The molecule has 5 heteroatoms. The zero-order valence-corrected chi connectivity index (χ0v) is 10.4. The summed E-state index contributed by atoms with van der Waals surface area (Å²) in [7, 11) is 0. The SMILES string of the molecule is N#CC1(Nc2ccccc2)CCCC(C(F)(F)F)C1. The number of nitrogens with one attached hydrogen (secondary N) is 1. The summed E-state index contributed by atoms with van der Waals surface area (Å²) in [6, 6.07) is 11.0. The fraction of sp³-hybridized carbons (Fsp3) is 0.500. The average Bonchev–Trinajstić information content (AvgIpc) is 2.39. The van der Waals surface area contributed by atoms with Gasteiger partial charge in [0.1, 0.15) is 5.54 Å². The Morgan fingerprint density at radius 1 is 1.26 bits per heavy atom. The van der Waals surface area contributed by atoms with E-state index in [1.165, 1.54) is 0 Å². The molecule has 1 fully saturated rings. The van der Waals surface area contributed by atoms with Crippen LogP contribution in [0.2, 0.25) is 0 Å². The van der Waals surface area contributed by atoms with Gasteiger partial charge < -0.3 is 5.32 Å². The number of para-hydroxylation sites is 1. The molecule has 2 atom stereocenters. The van der Waals surface area contributed by atoms with Crippen molar-refractivity contribution in [2.45, 2.75) is 37.4 Å². The standard InChI is InChI=1S/C14H15F3N2/c15-14(16,17)11-5-4-8-13(9-11,10-18)19-12-6-2-1-3-7-12/h1-3,6-7,11,19H,4-5,8-9H2. The van der Waals surface area contributed by atoms with E-state index in [1.54, 1.807) is 24.3 Å². The van der Waals surface area contributed by atoms with Crippen LogP contribution >= 0.6 is 0 Å². The van der Waals surface area contributed by atoms with E-state index < -0.39 is 17.6 Å². The molecule has 19 heavy (non-hydrogen) atoms. The monoisotopic (exact) mass is 268 g/mol. The van der Waals surface area contributed by atoms with Gasteiger partial charge in [-0.2, -0.15) is 18.4 Å². The highest BCUT2D eigenvalue weighted by Gasteiger charge is 2.48. The predicted octanol–water partition coefficient (Wildman–Crippen LogP) is 4.11. The first-order valence-corrected chi connectivity index (χ1v) is 6.26. The number of benzene rings is 1. The molecule has 0 bridgehead atoms. The summed E-state index contributed by atoms with van der Waals surface area (Å²) in [6.45, 7) is 0. The molecule has 1 aliphatic rings. The summed E-state index contributed by atoms with van der Waals surface area (Å²) < 4.78 is 38.5. The van der Waals surface area contributed by atoms with Crippen LogP contribution in [0.3, 0.4) is 0 Å². The molecule has 0 aromatic heterocycles. The third kappa shape index (κ3) is 3.19. The van der Waals surface area contributed by atoms with Crippen LogP contribution in [-0.4, -0.2) is 11.7 Å². The summed E-state index contributed by atoms with van der Waals surface area (Å²) in [5.74, 6) is -1.39. The first-order chi connectivity index (χ1) is 8.95. The summed E-state index contributed by atoms with van der Waals surface area (Å²) in [5.41, 5.74) is -0.424. The number of alkyl halides is 3. The van der Waals surface area contributed by atoms with Gasteiger partial charge in [-0.1, -0.05) is 18.2 Å². The second-order valence-corrected chi connectivity index (χ2v) is 5.02. The zero-order chi connectivity index (χ0) is 13.9. The molecule has 1 saturated carbocycles. The Kier molecular flexibility index (Phi) is 3.70. The molecular formula is C14H15F3N2. The molecule has 0 radical (unpaired) electrons. The number of nitriles is 1. The van der Waals surface area contributed by atoms with E-state index in [9.17, 15) is 18.4 Å². The van der Waals surface area contributed by atoms with E-state index in [0.717, 1.165) is 0 Å². The quantitative estimate of drug-likeness (QED) is 0.876. The van der Waals surface area contributed by atoms with E-state index in [0.29, 0.717) is 18.5 Å². The summed E-state index contributed by atoms with van der Waals surface area (Å²) in [5, 5.41) is 12.3. The number of nitrogens with zero attached hydrogens (tertiary/aromatic N) is 1. The van der Waals surface area contributed by atoms with Crippen molar-refractivity contribution < 1.29 is 13.2 Å². The lowest BCUT2D eigenvalue weighted by atomic mass is 9.76. The minimum absolute atomic E-state index is 0.114. The van der Waals surface area contributed by atoms with Crippen LogP contribution in [-0.2, 0) is 0 Å². The molecule has 0 aliphatic heterocycles. The van der Waals surface area contributed by atoms with E-state index in [1.807, 2.05) is 6.07 Å². The molecule has 1 aromatic rings. The number of hydrogen-bond acceptors (Lipinski definition) is 2. The Morgan fingerprint density at radius 3 is 2.53 bits per heavy atom. The third-order valence-electron chi connectivity index (χ3n) is 3.59. The molecule has 1 aromatic carbocycles. The van der Waals surface area contributed by atoms with E-state index in [-0.39, 0.29) is 12.8 Å². The van der Waals surface area contributed by atoms with Crippen molar-refractivity contribution in [3.05, 3.63) is 30.3 Å². The average molecular weight is 268 g/mol. The molecule has 0 saturated heterocycles. The minimum atomic E-state index is -4.22. The van der Waals surface area contributed by atoms with Gasteiger partial charge in [0.15, 0.2) is 0 Å². The zero-order valence-electron chi connectivity index (χ0n) is 10.4. The lowest BCUT2D eigenvalue weighted by Gasteiger charge is -2.37. The lowest BCUT2D eigenvalue weighted by molar-refractivity contribution is -0.184. The van der Waals surface area contributed by atoms with Crippen LogP contribution in [0.4, 0.5) is 18.9 Å². The molecule has 0 spiro atoms. The topological polar surface area (TPSA) is 35.8 Å². The van der Waals surface area contributed by atoms with Gasteiger partial charge in [0, 0.05) is 5.69 Å². The molecule has 0 amide bonds. The van der Waals surface area contributed by atoms with Crippen LogP contribution in [0.25, 0.3) is 0 Å². The van der Waals surface area contributed by atoms with E-state index in [2.05, 4.69) is 11.4 Å². The first-order valence-electron chi connectivity index (χ1n) is 6.26. The second kappa shape index (κ2) is 5.12. The molecule has 1 aliphatic carbocycles. The van der Waals surface area contributed by atoms with Gasteiger partial charge in [-0.05, 0) is 37.8 Å². The molecule has 2 nitrogen and oxygen atoms in total. The van der Waals surface area contributed by atoms with Gasteiger partial charge in [0.2, 0.25) is 0 Å². The van der Waals surface area contributed by atoms with Crippen molar-refractivity contribution in [1.29, 1.82) is 5.26 Å².